The lowest BCUT2D eigenvalue weighted by Crippen LogP contribution is -2.36. The molecule has 0 unspecified atom stereocenters. The summed E-state index contributed by atoms with van der Waals surface area (Å²) in [7, 11) is 2.13. The number of carbonyl (C=O) groups is 2. The lowest BCUT2D eigenvalue weighted by Gasteiger charge is -2.31. The van der Waals surface area contributed by atoms with E-state index in [-0.39, 0.29) is 11.8 Å². The fraction of sp³-hybridized carbons (Fsp3) is 0.429. The van der Waals surface area contributed by atoms with Gasteiger partial charge in [0.05, 0.1) is 17.1 Å². The number of amides is 2. The summed E-state index contributed by atoms with van der Waals surface area (Å²) in [5.74, 6) is 0.406. The molecule has 136 valence electrons. The summed E-state index contributed by atoms with van der Waals surface area (Å²) in [5.41, 5.74) is 2.93. The highest BCUT2D eigenvalue weighted by Gasteiger charge is 2.32. The topological polar surface area (TPSA) is 52.7 Å². The number of hydrogen-bond acceptors (Lipinski definition) is 3. The van der Waals surface area contributed by atoms with Gasteiger partial charge < -0.3 is 10.2 Å². The van der Waals surface area contributed by atoms with Crippen LogP contribution in [0.4, 0.5) is 11.4 Å². The Morgan fingerprint density at radius 3 is 2.81 bits per heavy atom. The van der Waals surface area contributed by atoms with E-state index in [4.69, 9.17) is 0 Å². The first-order valence-corrected chi connectivity index (χ1v) is 9.45. The number of benzene rings is 1. The van der Waals surface area contributed by atoms with Gasteiger partial charge in [-0.3, -0.25) is 14.5 Å². The van der Waals surface area contributed by atoms with E-state index >= 15 is 0 Å². The minimum atomic E-state index is -0.0913. The summed E-state index contributed by atoms with van der Waals surface area (Å²) >= 11 is 0. The Morgan fingerprint density at radius 2 is 2.00 bits per heavy atom. The quantitative estimate of drug-likeness (QED) is 0.889. The molecule has 2 aliphatic heterocycles. The van der Waals surface area contributed by atoms with Gasteiger partial charge in [0.1, 0.15) is 0 Å². The second-order valence-corrected chi connectivity index (χ2v) is 7.46. The van der Waals surface area contributed by atoms with E-state index in [0.29, 0.717) is 30.0 Å². The smallest absolute Gasteiger partial charge is 0.253 e. The molecular formula is C21H25N3O2. The highest BCUT2D eigenvalue weighted by Crippen LogP contribution is 2.37. The minimum Gasteiger partial charge on any atom is -0.320 e. The zero-order valence-corrected chi connectivity index (χ0v) is 15.2. The summed E-state index contributed by atoms with van der Waals surface area (Å²) in [6, 6.07) is 7.59. The lowest BCUT2D eigenvalue weighted by atomic mass is 9.92. The molecule has 3 aliphatic rings. The van der Waals surface area contributed by atoms with Gasteiger partial charge >= 0.3 is 0 Å². The maximum atomic E-state index is 13.3. The fourth-order valence-corrected chi connectivity index (χ4v) is 4.07. The van der Waals surface area contributed by atoms with Gasteiger partial charge in [0.2, 0.25) is 5.91 Å². The highest BCUT2D eigenvalue weighted by atomic mass is 16.2. The van der Waals surface area contributed by atoms with E-state index in [1.165, 1.54) is 0 Å². The number of nitrogens with one attached hydrogen (secondary N) is 1. The number of para-hydroxylation sites is 2. The number of hydrogen-bond donors (Lipinski definition) is 1. The van der Waals surface area contributed by atoms with Crippen molar-refractivity contribution in [3.05, 3.63) is 47.7 Å². The number of rotatable bonds is 2. The van der Waals surface area contributed by atoms with Crippen LogP contribution in [0.3, 0.4) is 0 Å². The lowest BCUT2D eigenvalue weighted by molar-refractivity contribution is -0.119. The monoisotopic (exact) mass is 351 g/mol. The van der Waals surface area contributed by atoms with E-state index in [9.17, 15) is 9.59 Å². The maximum absolute atomic E-state index is 13.3. The molecule has 0 atom stereocenters. The van der Waals surface area contributed by atoms with E-state index in [1.54, 1.807) is 4.90 Å². The molecule has 2 heterocycles. The Morgan fingerprint density at radius 1 is 1.23 bits per heavy atom. The molecule has 4 rings (SSSR count). The Labute approximate surface area is 154 Å². The largest absolute Gasteiger partial charge is 0.320 e. The van der Waals surface area contributed by atoms with E-state index in [2.05, 4.69) is 23.3 Å². The van der Waals surface area contributed by atoms with Crippen molar-refractivity contribution in [2.75, 3.05) is 30.4 Å². The second kappa shape index (κ2) is 7.08. The van der Waals surface area contributed by atoms with Crippen LogP contribution >= 0.6 is 0 Å². The minimum absolute atomic E-state index is 0.0857. The van der Waals surface area contributed by atoms with Gasteiger partial charge in [0.25, 0.3) is 5.91 Å². The SMILES string of the molecule is CN1CCC(CC(=O)N2C3=C(CCC=C3)C(=O)Nc3ccccc32)CC1. The molecule has 0 aromatic heterocycles. The average Bonchev–Trinajstić information content (AvgIpc) is 2.77. The van der Waals surface area contributed by atoms with Gasteiger partial charge in [0.15, 0.2) is 0 Å². The third-order valence-electron chi connectivity index (χ3n) is 5.60. The molecule has 0 saturated carbocycles. The van der Waals surface area contributed by atoms with Gasteiger partial charge in [-0.05, 0) is 69.9 Å². The van der Waals surface area contributed by atoms with Crippen LogP contribution in [0.5, 0.6) is 0 Å². The van der Waals surface area contributed by atoms with E-state index in [0.717, 1.165) is 43.7 Å². The second-order valence-electron chi connectivity index (χ2n) is 7.46. The van der Waals surface area contributed by atoms with Gasteiger partial charge in [-0.15, -0.1) is 0 Å². The van der Waals surface area contributed by atoms with Crippen molar-refractivity contribution in [2.24, 2.45) is 5.92 Å². The van der Waals surface area contributed by atoms with Crippen molar-refractivity contribution in [1.29, 1.82) is 0 Å². The van der Waals surface area contributed by atoms with Crippen molar-refractivity contribution < 1.29 is 9.59 Å². The normalized spacial score (nSPS) is 21.1. The van der Waals surface area contributed by atoms with Gasteiger partial charge in [-0.2, -0.15) is 0 Å². The predicted molar refractivity (Wildman–Crippen MR) is 103 cm³/mol. The van der Waals surface area contributed by atoms with Crippen LogP contribution in [0.2, 0.25) is 0 Å². The summed E-state index contributed by atoms with van der Waals surface area (Å²) in [4.78, 5) is 30.1. The Kier molecular flexibility index (Phi) is 4.64. The van der Waals surface area contributed by atoms with Gasteiger partial charge in [-0.1, -0.05) is 18.2 Å². The number of nitrogens with zero attached hydrogens (tertiary/aromatic N) is 2. The standard InChI is InChI=1S/C21H25N3O2/c1-23-12-10-15(11-13-23)14-20(25)24-18-8-4-2-6-16(18)21(26)22-17-7-3-5-9-19(17)24/h3-5,7-9,15H,2,6,10-14H2,1H3,(H,22,26). The molecule has 1 aliphatic carbocycles. The van der Waals surface area contributed by atoms with Crippen molar-refractivity contribution in [1.82, 2.24) is 4.90 Å². The van der Waals surface area contributed by atoms with Crippen molar-refractivity contribution in [2.45, 2.75) is 32.1 Å². The Bertz CT molecular complexity index is 788. The number of piperidine rings is 1. The molecule has 1 fully saturated rings. The van der Waals surface area contributed by atoms with Crippen LogP contribution < -0.4 is 10.2 Å². The molecule has 0 bridgehead atoms. The van der Waals surface area contributed by atoms with Gasteiger partial charge in [0, 0.05) is 12.0 Å². The number of carbonyl (C=O) groups excluding carboxylic acids is 2. The molecule has 0 spiro atoms. The van der Waals surface area contributed by atoms with Crippen LogP contribution in [0.25, 0.3) is 0 Å². The molecule has 2 amide bonds. The van der Waals surface area contributed by atoms with Crippen LogP contribution in [-0.2, 0) is 9.59 Å². The molecule has 1 aromatic rings. The summed E-state index contributed by atoms with van der Waals surface area (Å²) in [6.07, 6.45) is 8.13. The van der Waals surface area contributed by atoms with Crippen molar-refractivity contribution in [3.63, 3.8) is 0 Å². The van der Waals surface area contributed by atoms with Crippen LogP contribution in [0.15, 0.2) is 47.7 Å². The van der Waals surface area contributed by atoms with Crippen molar-refractivity contribution in [3.8, 4) is 0 Å². The molecule has 0 radical (unpaired) electrons. The summed E-state index contributed by atoms with van der Waals surface area (Å²) in [6.45, 7) is 2.09. The van der Waals surface area contributed by atoms with E-state index < -0.39 is 0 Å². The average molecular weight is 351 g/mol. The summed E-state index contributed by atoms with van der Waals surface area (Å²) < 4.78 is 0. The number of anilines is 2. The molecule has 1 saturated heterocycles. The molecular weight excluding hydrogens is 326 g/mol. The zero-order valence-electron chi connectivity index (χ0n) is 15.2. The number of likely N-dealkylation sites (tertiary alicyclic amines) is 1. The van der Waals surface area contributed by atoms with Crippen LogP contribution in [-0.4, -0.2) is 36.9 Å². The maximum Gasteiger partial charge on any atom is 0.253 e. The number of fused-ring (bicyclic) bond motifs is 1. The predicted octanol–water partition coefficient (Wildman–Crippen LogP) is 3.31. The summed E-state index contributed by atoms with van der Waals surface area (Å²) in [5, 5.41) is 2.98. The zero-order chi connectivity index (χ0) is 18.1. The van der Waals surface area contributed by atoms with Crippen LogP contribution in [0, 0.1) is 5.92 Å². The highest BCUT2D eigenvalue weighted by molar-refractivity contribution is 6.13. The molecule has 5 heteroatoms. The molecule has 26 heavy (non-hydrogen) atoms. The third-order valence-corrected chi connectivity index (χ3v) is 5.60. The number of allylic oxidation sites excluding steroid dienone is 2. The third kappa shape index (κ3) is 3.19. The Balaban J connectivity index is 1.68. The molecule has 5 nitrogen and oxygen atoms in total. The van der Waals surface area contributed by atoms with E-state index in [1.807, 2.05) is 30.3 Å². The first-order chi connectivity index (χ1) is 12.6. The van der Waals surface area contributed by atoms with Crippen molar-refractivity contribution >= 4 is 23.2 Å². The Hall–Kier alpha value is -2.40. The molecule has 1 aromatic carbocycles. The molecule has 1 N–H and O–H groups in total. The fourth-order valence-electron chi connectivity index (χ4n) is 4.07. The first-order valence-electron chi connectivity index (χ1n) is 9.45. The van der Waals surface area contributed by atoms with Crippen LogP contribution in [0.1, 0.15) is 32.1 Å². The first kappa shape index (κ1) is 17.0. The van der Waals surface area contributed by atoms with Gasteiger partial charge in [-0.25, -0.2) is 0 Å².